The molecule has 0 saturated carbocycles. The second kappa shape index (κ2) is 5.87. The first-order chi connectivity index (χ1) is 11.0. The number of carbonyl (C=O) groups is 2. The van der Waals surface area contributed by atoms with Crippen molar-refractivity contribution >= 4 is 28.9 Å². The lowest BCUT2D eigenvalue weighted by Gasteiger charge is -2.20. The molecule has 2 heterocycles. The second-order valence-electron chi connectivity index (χ2n) is 4.93. The first kappa shape index (κ1) is 14.7. The third kappa shape index (κ3) is 3.03. The summed E-state index contributed by atoms with van der Waals surface area (Å²) in [5, 5.41) is 14.4. The van der Waals surface area contributed by atoms with Crippen molar-refractivity contribution in [2.24, 2.45) is 10.8 Å². The van der Waals surface area contributed by atoms with Crippen LogP contribution in [0.25, 0.3) is 0 Å². The maximum absolute atomic E-state index is 13.0. The van der Waals surface area contributed by atoms with Gasteiger partial charge in [-0.2, -0.15) is 10.2 Å². The van der Waals surface area contributed by atoms with E-state index in [-0.39, 0.29) is 12.1 Å². The predicted octanol–water partition coefficient (Wildman–Crippen LogP) is 0.607. The molecule has 0 radical (unpaired) electrons. The standard InChI is InChI=1S/C14H13FN6O2/c15-8-1-3-10(4-2-8)21-12(13(16)22)5-11(20-21)14(23)19-9-6-17-18-7-9/h1-4,6-7,12H,5H2,(H2,16,22)(H,17,18)(H,19,23)/t12-/m0/s1. The number of hydrogen-bond acceptors (Lipinski definition) is 5. The van der Waals surface area contributed by atoms with Gasteiger partial charge in [0.15, 0.2) is 0 Å². The van der Waals surface area contributed by atoms with Gasteiger partial charge in [0.05, 0.1) is 17.6 Å². The zero-order chi connectivity index (χ0) is 16.4. The molecule has 0 fully saturated rings. The van der Waals surface area contributed by atoms with Gasteiger partial charge in [-0.3, -0.25) is 19.7 Å². The Labute approximate surface area is 130 Å². The molecular formula is C14H13FN6O2. The summed E-state index contributed by atoms with van der Waals surface area (Å²) in [6.07, 6.45) is 3.02. The van der Waals surface area contributed by atoms with Crippen LogP contribution in [-0.2, 0) is 9.59 Å². The van der Waals surface area contributed by atoms with Crippen LogP contribution in [0.15, 0.2) is 41.8 Å². The molecule has 2 amide bonds. The smallest absolute Gasteiger partial charge is 0.272 e. The van der Waals surface area contributed by atoms with Crippen LogP contribution in [0.2, 0.25) is 0 Å². The quantitative estimate of drug-likeness (QED) is 0.766. The minimum absolute atomic E-state index is 0.0659. The summed E-state index contributed by atoms with van der Waals surface area (Å²) in [4.78, 5) is 23.8. The van der Waals surface area contributed by atoms with E-state index in [0.717, 1.165) is 0 Å². The fourth-order valence-electron chi connectivity index (χ4n) is 2.22. The number of anilines is 2. The Morgan fingerprint density at radius 3 is 2.70 bits per heavy atom. The fraction of sp³-hybridized carbons (Fsp3) is 0.143. The molecule has 0 aliphatic carbocycles. The van der Waals surface area contributed by atoms with Crippen molar-refractivity contribution in [1.82, 2.24) is 10.2 Å². The number of carbonyl (C=O) groups excluding carboxylic acids is 2. The number of hydrazone groups is 1. The van der Waals surface area contributed by atoms with Crippen LogP contribution in [0.1, 0.15) is 6.42 Å². The Kier molecular flexibility index (Phi) is 3.75. The average Bonchev–Trinajstić information content (AvgIpc) is 3.17. The van der Waals surface area contributed by atoms with Crippen LogP contribution in [0, 0.1) is 5.82 Å². The molecule has 0 unspecified atom stereocenters. The van der Waals surface area contributed by atoms with E-state index in [2.05, 4.69) is 20.6 Å². The van der Waals surface area contributed by atoms with Gasteiger partial charge in [0.1, 0.15) is 17.6 Å². The maximum Gasteiger partial charge on any atom is 0.272 e. The fourth-order valence-corrected chi connectivity index (χ4v) is 2.22. The highest BCUT2D eigenvalue weighted by atomic mass is 19.1. The van der Waals surface area contributed by atoms with Gasteiger partial charge in [0.2, 0.25) is 5.91 Å². The summed E-state index contributed by atoms with van der Waals surface area (Å²) in [5.74, 6) is -1.49. The van der Waals surface area contributed by atoms with E-state index in [9.17, 15) is 14.0 Å². The normalized spacial score (nSPS) is 17.0. The molecule has 3 rings (SSSR count). The van der Waals surface area contributed by atoms with E-state index in [0.29, 0.717) is 11.4 Å². The van der Waals surface area contributed by atoms with Crippen molar-refractivity contribution in [3.63, 3.8) is 0 Å². The summed E-state index contributed by atoms with van der Waals surface area (Å²) in [5.41, 5.74) is 6.48. The van der Waals surface area contributed by atoms with Gasteiger partial charge in [0.25, 0.3) is 5.91 Å². The highest BCUT2D eigenvalue weighted by molar-refractivity contribution is 6.44. The lowest BCUT2D eigenvalue weighted by Crippen LogP contribution is -2.39. The number of primary amides is 1. The summed E-state index contributed by atoms with van der Waals surface area (Å²) in [6.45, 7) is 0. The number of nitrogens with two attached hydrogens (primary N) is 1. The molecule has 0 spiro atoms. The monoisotopic (exact) mass is 316 g/mol. The molecular weight excluding hydrogens is 303 g/mol. The third-order valence-electron chi connectivity index (χ3n) is 3.35. The zero-order valence-corrected chi connectivity index (χ0v) is 11.9. The molecule has 1 aliphatic rings. The van der Waals surface area contributed by atoms with Crippen LogP contribution >= 0.6 is 0 Å². The molecule has 23 heavy (non-hydrogen) atoms. The van der Waals surface area contributed by atoms with Gasteiger partial charge in [-0.25, -0.2) is 4.39 Å². The van der Waals surface area contributed by atoms with Crippen LogP contribution in [-0.4, -0.2) is 33.8 Å². The molecule has 1 atom stereocenters. The third-order valence-corrected chi connectivity index (χ3v) is 3.35. The topological polar surface area (TPSA) is 116 Å². The van der Waals surface area contributed by atoms with Crippen LogP contribution in [0.5, 0.6) is 0 Å². The van der Waals surface area contributed by atoms with E-state index < -0.39 is 23.7 Å². The van der Waals surface area contributed by atoms with Gasteiger partial charge < -0.3 is 11.1 Å². The van der Waals surface area contributed by atoms with Gasteiger partial charge in [-0.05, 0) is 24.3 Å². The van der Waals surface area contributed by atoms with E-state index in [1.54, 1.807) is 0 Å². The SMILES string of the molecule is NC(=O)[C@@H]1CC(C(=O)Nc2cn[nH]c2)=NN1c1ccc(F)cc1. The lowest BCUT2D eigenvalue weighted by molar-refractivity contribution is -0.119. The van der Waals surface area contributed by atoms with Crippen molar-refractivity contribution in [3.05, 3.63) is 42.5 Å². The average molecular weight is 316 g/mol. The Morgan fingerprint density at radius 1 is 1.35 bits per heavy atom. The number of nitrogens with zero attached hydrogens (tertiary/aromatic N) is 3. The Morgan fingerprint density at radius 2 is 2.09 bits per heavy atom. The Balaban J connectivity index is 1.84. The Hall–Kier alpha value is -3.23. The van der Waals surface area contributed by atoms with Gasteiger partial charge in [0, 0.05) is 12.6 Å². The summed E-state index contributed by atoms with van der Waals surface area (Å²) < 4.78 is 13.0. The summed E-state index contributed by atoms with van der Waals surface area (Å²) in [7, 11) is 0. The van der Waals surface area contributed by atoms with E-state index in [1.807, 2.05) is 0 Å². The number of amides is 2. The minimum Gasteiger partial charge on any atom is -0.368 e. The first-order valence-electron chi connectivity index (χ1n) is 6.76. The molecule has 1 aromatic heterocycles. The molecule has 8 nitrogen and oxygen atoms in total. The molecule has 1 aromatic carbocycles. The van der Waals surface area contributed by atoms with Crippen LogP contribution < -0.4 is 16.1 Å². The molecule has 9 heteroatoms. The molecule has 2 aromatic rings. The molecule has 4 N–H and O–H groups in total. The zero-order valence-electron chi connectivity index (χ0n) is 11.9. The maximum atomic E-state index is 13.0. The number of halogens is 1. The number of H-pyrrole nitrogens is 1. The van der Waals surface area contributed by atoms with Crippen molar-refractivity contribution in [2.75, 3.05) is 10.3 Å². The number of aromatic nitrogens is 2. The summed E-state index contributed by atoms with van der Waals surface area (Å²) >= 11 is 0. The number of benzene rings is 1. The van der Waals surface area contributed by atoms with Crippen LogP contribution in [0.3, 0.4) is 0 Å². The highest BCUT2D eigenvalue weighted by Gasteiger charge is 2.35. The van der Waals surface area contributed by atoms with Crippen LogP contribution in [0.4, 0.5) is 15.8 Å². The minimum atomic E-state index is -0.800. The number of aromatic amines is 1. The van der Waals surface area contributed by atoms with Gasteiger partial charge >= 0.3 is 0 Å². The summed E-state index contributed by atoms with van der Waals surface area (Å²) in [6, 6.07) is 4.61. The molecule has 0 bridgehead atoms. The lowest BCUT2D eigenvalue weighted by atomic mass is 10.1. The van der Waals surface area contributed by atoms with E-state index in [1.165, 1.54) is 41.7 Å². The van der Waals surface area contributed by atoms with E-state index in [4.69, 9.17) is 5.73 Å². The molecule has 118 valence electrons. The second-order valence-corrected chi connectivity index (χ2v) is 4.93. The van der Waals surface area contributed by atoms with Crippen molar-refractivity contribution in [2.45, 2.75) is 12.5 Å². The molecule has 1 aliphatic heterocycles. The number of nitrogens with one attached hydrogen (secondary N) is 2. The van der Waals surface area contributed by atoms with Crippen molar-refractivity contribution in [1.29, 1.82) is 0 Å². The molecule has 0 saturated heterocycles. The first-order valence-corrected chi connectivity index (χ1v) is 6.76. The van der Waals surface area contributed by atoms with Crippen molar-refractivity contribution < 1.29 is 14.0 Å². The predicted molar refractivity (Wildman–Crippen MR) is 81.1 cm³/mol. The Bertz CT molecular complexity index is 756. The van der Waals surface area contributed by atoms with Gasteiger partial charge in [-0.1, -0.05) is 0 Å². The largest absolute Gasteiger partial charge is 0.368 e. The number of rotatable bonds is 4. The van der Waals surface area contributed by atoms with Gasteiger partial charge in [-0.15, -0.1) is 0 Å². The highest BCUT2D eigenvalue weighted by Crippen LogP contribution is 2.25. The van der Waals surface area contributed by atoms with E-state index >= 15 is 0 Å². The number of hydrogen-bond donors (Lipinski definition) is 3. The van der Waals surface area contributed by atoms with Crippen molar-refractivity contribution in [3.8, 4) is 0 Å².